The summed E-state index contributed by atoms with van der Waals surface area (Å²) in [4.78, 5) is 29.3. The van der Waals surface area contributed by atoms with Gasteiger partial charge in [0.05, 0.1) is 35.4 Å². The molecular weight excluding hydrogens is 787 g/mol. The van der Waals surface area contributed by atoms with Crippen molar-refractivity contribution in [1.82, 2.24) is 28.7 Å². The molecule has 0 radical (unpaired) electrons. The van der Waals surface area contributed by atoms with Gasteiger partial charge in [-0.05, 0) is 93.8 Å². The number of pyridine rings is 1. The number of piperidine rings is 2. The number of nitrogens with one attached hydrogen (secondary N) is 1. The zero-order valence-corrected chi connectivity index (χ0v) is 35.9. The number of likely N-dealkylation sites (tertiary alicyclic amines) is 1. The fraction of sp³-hybridized carbons (Fsp3) is 0.396. The van der Waals surface area contributed by atoms with Gasteiger partial charge in [0.2, 0.25) is 5.95 Å². The fourth-order valence-electron chi connectivity index (χ4n) is 9.21. The van der Waals surface area contributed by atoms with Crippen LogP contribution >= 0.6 is 0 Å². The Hall–Kier alpha value is -5.36. The van der Waals surface area contributed by atoms with Gasteiger partial charge in [0.25, 0.3) is 15.6 Å². The predicted molar refractivity (Wildman–Crippen MR) is 239 cm³/mol. The summed E-state index contributed by atoms with van der Waals surface area (Å²) in [7, 11) is -2.46. The molecule has 3 aromatic carbocycles. The maximum atomic E-state index is 14.0. The van der Waals surface area contributed by atoms with Crippen LogP contribution in [0.2, 0.25) is 0 Å². The first-order valence-electron chi connectivity index (χ1n) is 21.3. The first kappa shape index (κ1) is 41.0. The maximum Gasteiger partial charge on any atom is 0.275 e. The molecule has 3 aromatic heterocycles. The van der Waals surface area contributed by atoms with Crippen molar-refractivity contribution in [3.8, 4) is 23.5 Å². The first-order chi connectivity index (χ1) is 29.4. The van der Waals surface area contributed by atoms with Gasteiger partial charge in [0.1, 0.15) is 5.52 Å². The summed E-state index contributed by atoms with van der Waals surface area (Å²) < 4.78 is 37.4. The lowest BCUT2D eigenvalue weighted by molar-refractivity contribution is -0.0672. The number of hydrogen-bond acceptors (Lipinski definition) is 10. The van der Waals surface area contributed by atoms with Gasteiger partial charge in [-0.25, -0.2) is 22.4 Å². The molecule has 61 heavy (non-hydrogen) atoms. The number of aryl methyl sites for hydroxylation is 2. The van der Waals surface area contributed by atoms with E-state index in [1.165, 1.54) is 10.8 Å². The van der Waals surface area contributed by atoms with Crippen LogP contribution in [0.1, 0.15) is 62.3 Å². The van der Waals surface area contributed by atoms with Crippen molar-refractivity contribution in [2.24, 2.45) is 7.05 Å². The summed E-state index contributed by atoms with van der Waals surface area (Å²) in [5.74, 6) is 3.31. The first-order valence-corrected chi connectivity index (χ1v) is 22.7. The van der Waals surface area contributed by atoms with E-state index < -0.39 is 21.2 Å². The van der Waals surface area contributed by atoms with Crippen LogP contribution in [0.4, 0.5) is 5.95 Å². The highest BCUT2D eigenvalue weighted by Gasteiger charge is 2.44. The molecule has 5 heterocycles. The maximum absolute atomic E-state index is 14.0. The van der Waals surface area contributed by atoms with Crippen molar-refractivity contribution < 1.29 is 18.3 Å². The SMILES string of the molecule is C#CCNC1(C)CCN(C2CCN(c3nc([C@@](CO)(OC4CC4)c4ccccc4)c4cc(-c5cn(C)c(=O)c6c5ccn6S(=O)(=O)c5ccc(C)cc5)ccc4n3)CC2)CC1. The molecule has 316 valence electrons. The molecule has 0 bridgehead atoms. The molecule has 1 atom stereocenters. The van der Waals surface area contributed by atoms with E-state index in [0.717, 1.165) is 85.4 Å². The fourth-order valence-corrected chi connectivity index (χ4v) is 10.6. The van der Waals surface area contributed by atoms with Crippen LogP contribution in [-0.4, -0.2) is 93.9 Å². The van der Waals surface area contributed by atoms with Gasteiger partial charge in [-0.1, -0.05) is 60.0 Å². The summed E-state index contributed by atoms with van der Waals surface area (Å²) >= 11 is 0. The minimum atomic E-state index is -4.09. The molecule has 1 aliphatic carbocycles. The minimum Gasteiger partial charge on any atom is -0.393 e. The second-order valence-electron chi connectivity index (χ2n) is 17.3. The van der Waals surface area contributed by atoms with Gasteiger partial charge < -0.3 is 29.5 Å². The lowest BCUT2D eigenvalue weighted by atomic mass is 9.87. The number of aliphatic hydroxyl groups is 1. The van der Waals surface area contributed by atoms with Crippen molar-refractivity contribution in [2.75, 3.05) is 44.2 Å². The highest BCUT2D eigenvalue weighted by Crippen LogP contribution is 2.43. The Balaban J connectivity index is 1.12. The standard InChI is InChI=1S/C48H53N7O5S/c1-5-24-49-47(3)22-28-53(29-23-47)36-19-25-54(26-20-36)46-50-42-18-13-34(30-40(42)44(51-46)48(32-56,60-37-14-15-37)35-9-7-6-8-10-35)41-31-52(4)45(57)43-39(41)21-27-55(43)61(58,59)38-16-11-33(2)12-17-38/h1,6-13,16-18,21,27,30-31,36-37,49,56H,14-15,19-20,22-26,28-29,32H2,2-4H3/t48-/m0/s1. The van der Waals surface area contributed by atoms with Gasteiger partial charge in [-0.3, -0.25) is 4.79 Å². The topological polar surface area (TPSA) is 135 Å². The number of fused-ring (bicyclic) bond motifs is 2. The molecule has 6 aromatic rings. The van der Waals surface area contributed by atoms with Gasteiger partial charge in [0.15, 0.2) is 5.60 Å². The summed E-state index contributed by atoms with van der Waals surface area (Å²) in [6, 6.07) is 24.4. The van der Waals surface area contributed by atoms with Crippen molar-refractivity contribution in [3.63, 3.8) is 0 Å². The third-order valence-electron chi connectivity index (χ3n) is 13.1. The third kappa shape index (κ3) is 7.65. The monoisotopic (exact) mass is 839 g/mol. The number of anilines is 1. The quantitative estimate of drug-likeness (QED) is 0.142. The highest BCUT2D eigenvalue weighted by atomic mass is 32.2. The van der Waals surface area contributed by atoms with E-state index in [4.69, 9.17) is 21.1 Å². The molecule has 1 saturated carbocycles. The van der Waals surface area contributed by atoms with Crippen LogP contribution < -0.4 is 15.8 Å². The third-order valence-corrected chi connectivity index (χ3v) is 14.8. The molecule has 12 nitrogen and oxygen atoms in total. The lowest BCUT2D eigenvalue weighted by Gasteiger charge is -2.45. The molecule has 0 amide bonds. The van der Waals surface area contributed by atoms with Crippen LogP contribution in [0.15, 0.2) is 101 Å². The smallest absolute Gasteiger partial charge is 0.275 e. The lowest BCUT2D eigenvalue weighted by Crippen LogP contribution is -2.55. The number of benzene rings is 3. The van der Waals surface area contributed by atoms with Crippen LogP contribution in [0.3, 0.4) is 0 Å². The molecule has 2 aliphatic heterocycles. The normalized spacial score (nSPS) is 18.6. The van der Waals surface area contributed by atoms with Gasteiger partial charge in [0, 0.05) is 73.5 Å². The van der Waals surface area contributed by atoms with Gasteiger partial charge >= 0.3 is 0 Å². The summed E-state index contributed by atoms with van der Waals surface area (Å²) in [5.41, 5.74) is 2.75. The average molecular weight is 840 g/mol. The Morgan fingerprint density at radius 2 is 1.67 bits per heavy atom. The molecule has 3 fully saturated rings. The Kier molecular flexibility index (Phi) is 10.9. The van der Waals surface area contributed by atoms with Crippen molar-refractivity contribution >= 4 is 37.8 Å². The molecule has 9 rings (SSSR count). The minimum absolute atomic E-state index is 0.0357. The number of terminal acetylenes is 1. The number of aromatic nitrogens is 4. The second kappa shape index (κ2) is 16.2. The second-order valence-corrected chi connectivity index (χ2v) is 19.1. The van der Waals surface area contributed by atoms with E-state index in [-0.39, 0.29) is 28.7 Å². The van der Waals surface area contributed by atoms with Crippen molar-refractivity contribution in [1.29, 1.82) is 0 Å². The largest absolute Gasteiger partial charge is 0.393 e. The average Bonchev–Trinajstić information content (AvgIpc) is 3.99. The number of hydrogen-bond donors (Lipinski definition) is 2. The molecule has 2 saturated heterocycles. The van der Waals surface area contributed by atoms with E-state index in [1.54, 1.807) is 43.6 Å². The molecule has 0 spiro atoms. The van der Waals surface area contributed by atoms with E-state index in [9.17, 15) is 18.3 Å². The molecule has 0 unspecified atom stereocenters. The summed E-state index contributed by atoms with van der Waals surface area (Å²) in [6.45, 7) is 8.04. The highest BCUT2D eigenvalue weighted by molar-refractivity contribution is 7.90. The van der Waals surface area contributed by atoms with Crippen LogP contribution in [0.5, 0.6) is 0 Å². The summed E-state index contributed by atoms with van der Waals surface area (Å²) in [6.07, 6.45) is 14.5. The predicted octanol–water partition coefficient (Wildman–Crippen LogP) is 5.96. The number of rotatable bonds is 12. The van der Waals surface area contributed by atoms with Gasteiger partial charge in [-0.2, -0.15) is 0 Å². The zero-order valence-electron chi connectivity index (χ0n) is 35.0. The van der Waals surface area contributed by atoms with E-state index in [0.29, 0.717) is 46.1 Å². The molecule has 3 aliphatic rings. The molecule has 13 heteroatoms. The number of aliphatic hydroxyl groups excluding tert-OH is 1. The van der Waals surface area contributed by atoms with E-state index >= 15 is 0 Å². The van der Waals surface area contributed by atoms with Crippen LogP contribution in [0.25, 0.3) is 32.9 Å². The number of nitrogens with zero attached hydrogens (tertiary/aromatic N) is 6. The van der Waals surface area contributed by atoms with E-state index in [1.807, 2.05) is 55.5 Å². The zero-order chi connectivity index (χ0) is 42.5. The molecular formula is C48H53N7O5S. The van der Waals surface area contributed by atoms with Crippen LogP contribution in [0, 0.1) is 19.3 Å². The Bertz CT molecular complexity index is 2800. The Labute approximate surface area is 357 Å². The Morgan fingerprint density at radius 3 is 2.34 bits per heavy atom. The van der Waals surface area contributed by atoms with Crippen molar-refractivity contribution in [3.05, 3.63) is 118 Å². The summed E-state index contributed by atoms with van der Waals surface area (Å²) in [5, 5.41) is 16.3. The Morgan fingerprint density at radius 1 is 0.951 bits per heavy atom. The van der Waals surface area contributed by atoms with Crippen molar-refractivity contribution in [2.45, 2.75) is 80.6 Å². The van der Waals surface area contributed by atoms with Gasteiger partial charge in [-0.15, -0.1) is 6.42 Å². The van der Waals surface area contributed by atoms with Crippen LogP contribution in [-0.2, 0) is 27.4 Å². The van der Waals surface area contributed by atoms with E-state index in [2.05, 4.69) is 28.0 Å². The molecule has 2 N–H and O–H groups in total. The number of ether oxygens (including phenoxy) is 1.